The van der Waals surface area contributed by atoms with Crippen LogP contribution in [0.15, 0.2) is 30.5 Å². The molecular weight excluding hydrogens is 234 g/mol. The van der Waals surface area contributed by atoms with Crippen LogP contribution in [0.1, 0.15) is 25.8 Å². The predicted molar refractivity (Wildman–Crippen MR) is 82.1 cm³/mol. The van der Waals surface area contributed by atoms with E-state index in [-0.39, 0.29) is 0 Å². The first-order valence-corrected chi connectivity index (χ1v) is 7.07. The average molecular weight is 259 g/mol. The van der Waals surface area contributed by atoms with Gasteiger partial charge in [-0.05, 0) is 37.6 Å². The zero-order chi connectivity index (χ0) is 13.8. The van der Waals surface area contributed by atoms with E-state index in [4.69, 9.17) is 5.73 Å². The molecule has 1 aromatic carbocycles. The Balaban J connectivity index is 1.93. The second kappa shape index (κ2) is 6.22. The highest BCUT2D eigenvalue weighted by molar-refractivity contribution is 5.82. The minimum Gasteiger partial charge on any atom is -0.361 e. The van der Waals surface area contributed by atoms with Gasteiger partial charge in [-0.25, -0.2) is 0 Å². The number of aromatic nitrogens is 1. The Hall–Kier alpha value is -1.32. The van der Waals surface area contributed by atoms with Crippen molar-refractivity contribution < 1.29 is 0 Å². The van der Waals surface area contributed by atoms with Gasteiger partial charge in [-0.3, -0.25) is 0 Å². The molecule has 1 unspecified atom stereocenters. The van der Waals surface area contributed by atoms with Crippen LogP contribution in [0.3, 0.4) is 0 Å². The van der Waals surface area contributed by atoms with Gasteiger partial charge in [0.05, 0.1) is 0 Å². The van der Waals surface area contributed by atoms with Crippen molar-refractivity contribution in [1.82, 2.24) is 9.88 Å². The van der Waals surface area contributed by atoms with Gasteiger partial charge in [0.25, 0.3) is 0 Å². The number of nitrogens with two attached hydrogens (primary N) is 1. The van der Waals surface area contributed by atoms with E-state index < -0.39 is 0 Å². The molecule has 19 heavy (non-hydrogen) atoms. The number of rotatable bonds is 6. The summed E-state index contributed by atoms with van der Waals surface area (Å²) in [5.41, 5.74) is 8.67. The summed E-state index contributed by atoms with van der Waals surface area (Å²) < 4.78 is 0. The number of aromatic amines is 1. The topological polar surface area (TPSA) is 45.0 Å². The number of H-pyrrole nitrogens is 1. The van der Waals surface area contributed by atoms with E-state index in [2.05, 4.69) is 61.2 Å². The lowest BCUT2D eigenvalue weighted by atomic mass is 10.0. The molecule has 1 atom stereocenters. The van der Waals surface area contributed by atoms with Crippen molar-refractivity contribution in [2.45, 2.75) is 32.9 Å². The van der Waals surface area contributed by atoms with Gasteiger partial charge >= 0.3 is 0 Å². The van der Waals surface area contributed by atoms with E-state index in [0.29, 0.717) is 12.0 Å². The lowest BCUT2D eigenvalue weighted by Crippen LogP contribution is -2.31. The van der Waals surface area contributed by atoms with E-state index in [1.807, 2.05) is 0 Å². The molecule has 3 heteroatoms. The first kappa shape index (κ1) is 14.1. The highest BCUT2D eigenvalue weighted by Gasteiger charge is 2.10. The highest BCUT2D eigenvalue weighted by Crippen LogP contribution is 2.19. The van der Waals surface area contributed by atoms with Crippen LogP contribution < -0.4 is 5.73 Å². The molecule has 0 aliphatic rings. The van der Waals surface area contributed by atoms with Gasteiger partial charge in [0.15, 0.2) is 0 Å². The molecule has 104 valence electrons. The van der Waals surface area contributed by atoms with Crippen molar-refractivity contribution >= 4 is 10.9 Å². The third-order valence-electron chi connectivity index (χ3n) is 3.82. The molecule has 0 spiro atoms. The summed E-state index contributed by atoms with van der Waals surface area (Å²) in [6.45, 7) is 6.38. The molecule has 0 amide bonds. The summed E-state index contributed by atoms with van der Waals surface area (Å²) in [4.78, 5) is 5.67. The van der Waals surface area contributed by atoms with Gasteiger partial charge in [0, 0.05) is 29.7 Å². The monoisotopic (exact) mass is 259 g/mol. The molecular formula is C16H25N3. The molecule has 2 rings (SSSR count). The Morgan fingerprint density at radius 2 is 2.00 bits per heavy atom. The van der Waals surface area contributed by atoms with Gasteiger partial charge in [-0.1, -0.05) is 32.0 Å². The summed E-state index contributed by atoms with van der Waals surface area (Å²) in [6, 6.07) is 8.75. The van der Waals surface area contributed by atoms with Crippen LogP contribution in [0.5, 0.6) is 0 Å². The van der Waals surface area contributed by atoms with Gasteiger partial charge in [0.1, 0.15) is 0 Å². The van der Waals surface area contributed by atoms with E-state index >= 15 is 0 Å². The van der Waals surface area contributed by atoms with E-state index in [9.17, 15) is 0 Å². The first-order valence-electron chi connectivity index (χ1n) is 7.07. The van der Waals surface area contributed by atoms with Gasteiger partial charge < -0.3 is 15.6 Å². The number of hydrogen-bond acceptors (Lipinski definition) is 2. The minimum absolute atomic E-state index is 0.297. The normalized spacial score (nSPS) is 13.6. The van der Waals surface area contributed by atoms with Crippen molar-refractivity contribution in [3.8, 4) is 0 Å². The van der Waals surface area contributed by atoms with Crippen LogP contribution in [-0.4, -0.2) is 29.5 Å². The second-order valence-corrected chi connectivity index (χ2v) is 5.79. The van der Waals surface area contributed by atoms with Gasteiger partial charge in [-0.15, -0.1) is 0 Å². The lowest BCUT2D eigenvalue weighted by Gasteiger charge is -2.21. The summed E-state index contributed by atoms with van der Waals surface area (Å²) in [7, 11) is 2.16. The van der Waals surface area contributed by atoms with Crippen LogP contribution >= 0.6 is 0 Å². The van der Waals surface area contributed by atoms with Crippen molar-refractivity contribution in [1.29, 1.82) is 0 Å². The average Bonchev–Trinajstić information content (AvgIpc) is 2.79. The van der Waals surface area contributed by atoms with E-state index in [1.165, 1.54) is 16.5 Å². The van der Waals surface area contributed by atoms with Crippen LogP contribution in [0.4, 0.5) is 0 Å². The van der Waals surface area contributed by atoms with Crippen molar-refractivity contribution in [2.75, 3.05) is 13.6 Å². The van der Waals surface area contributed by atoms with Crippen LogP contribution in [0.2, 0.25) is 0 Å². The number of fused-ring (bicyclic) bond motifs is 1. The molecule has 0 bridgehead atoms. The summed E-state index contributed by atoms with van der Waals surface area (Å²) >= 11 is 0. The summed E-state index contributed by atoms with van der Waals surface area (Å²) in [6.07, 6.45) is 3.17. The Labute approximate surface area is 115 Å². The number of benzene rings is 1. The Kier molecular flexibility index (Phi) is 4.61. The van der Waals surface area contributed by atoms with Crippen molar-refractivity contribution in [3.63, 3.8) is 0 Å². The third-order valence-corrected chi connectivity index (χ3v) is 3.82. The number of para-hydroxylation sites is 1. The second-order valence-electron chi connectivity index (χ2n) is 5.79. The molecule has 0 aliphatic heterocycles. The fourth-order valence-corrected chi connectivity index (χ4v) is 2.34. The highest BCUT2D eigenvalue weighted by atomic mass is 15.1. The van der Waals surface area contributed by atoms with Crippen molar-refractivity contribution in [2.24, 2.45) is 11.7 Å². The zero-order valence-electron chi connectivity index (χ0n) is 12.2. The maximum Gasteiger partial charge on any atom is 0.0457 e. The standard InChI is InChI=1S/C16H25N3/c1-12(2)15(17)8-9-19(3)11-13-10-18-16-7-5-4-6-14(13)16/h4-7,10,12,15,18H,8-9,11,17H2,1-3H3. The fraction of sp³-hybridized carbons (Fsp3) is 0.500. The Morgan fingerprint density at radius 3 is 2.74 bits per heavy atom. The number of nitrogens with zero attached hydrogens (tertiary/aromatic N) is 1. The van der Waals surface area contributed by atoms with Gasteiger partial charge in [0.2, 0.25) is 0 Å². The zero-order valence-corrected chi connectivity index (χ0v) is 12.2. The number of nitrogens with one attached hydrogen (secondary N) is 1. The van der Waals surface area contributed by atoms with Gasteiger partial charge in [-0.2, -0.15) is 0 Å². The summed E-state index contributed by atoms with van der Waals surface area (Å²) in [5.74, 6) is 0.557. The molecule has 2 aromatic rings. The van der Waals surface area contributed by atoms with Crippen LogP contribution in [0, 0.1) is 5.92 Å². The first-order chi connectivity index (χ1) is 9.08. The smallest absolute Gasteiger partial charge is 0.0457 e. The SMILES string of the molecule is CC(C)C(N)CCN(C)Cc1c[nH]c2ccccc12. The minimum atomic E-state index is 0.297. The molecule has 3 N–H and O–H groups in total. The quantitative estimate of drug-likeness (QED) is 0.837. The van der Waals surface area contributed by atoms with Crippen molar-refractivity contribution in [3.05, 3.63) is 36.0 Å². The predicted octanol–water partition coefficient (Wildman–Crippen LogP) is 2.97. The maximum absolute atomic E-state index is 6.10. The molecule has 1 heterocycles. The molecule has 0 fully saturated rings. The third kappa shape index (κ3) is 3.58. The molecule has 0 saturated carbocycles. The van der Waals surface area contributed by atoms with Crippen LogP contribution in [0.25, 0.3) is 10.9 Å². The Morgan fingerprint density at radius 1 is 1.26 bits per heavy atom. The lowest BCUT2D eigenvalue weighted by molar-refractivity contribution is 0.297. The van der Waals surface area contributed by atoms with E-state index in [1.54, 1.807) is 0 Å². The molecule has 3 nitrogen and oxygen atoms in total. The van der Waals surface area contributed by atoms with Crippen LogP contribution in [-0.2, 0) is 6.54 Å². The fourth-order valence-electron chi connectivity index (χ4n) is 2.34. The summed E-state index contributed by atoms with van der Waals surface area (Å²) in [5, 5.41) is 1.32. The maximum atomic E-state index is 6.10. The molecule has 0 radical (unpaired) electrons. The largest absolute Gasteiger partial charge is 0.361 e. The molecule has 0 aliphatic carbocycles. The molecule has 1 aromatic heterocycles. The van der Waals surface area contributed by atoms with E-state index in [0.717, 1.165) is 19.5 Å². The molecule has 0 saturated heterocycles. The number of hydrogen-bond donors (Lipinski definition) is 2. The Bertz CT molecular complexity index is 515.